The van der Waals surface area contributed by atoms with E-state index in [-0.39, 0.29) is 24.1 Å². The minimum Gasteiger partial charge on any atom is -0.463 e. The summed E-state index contributed by atoms with van der Waals surface area (Å²) in [6.07, 6.45) is 2.95. The van der Waals surface area contributed by atoms with Crippen LogP contribution in [0.1, 0.15) is 49.7 Å². The predicted octanol–water partition coefficient (Wildman–Crippen LogP) is 5.47. The lowest BCUT2D eigenvalue weighted by atomic mass is 9.72. The Morgan fingerprint density at radius 2 is 1.75 bits per heavy atom. The molecule has 0 spiro atoms. The van der Waals surface area contributed by atoms with Crippen molar-refractivity contribution >= 4 is 23.5 Å². The fraction of sp³-hybridized carbons (Fsp3) is 0.308. The first-order valence-electron chi connectivity index (χ1n) is 10.7. The molecule has 2 aromatic rings. The Morgan fingerprint density at radius 3 is 2.38 bits per heavy atom. The van der Waals surface area contributed by atoms with Crippen LogP contribution in [0.25, 0.3) is 0 Å². The second-order valence-corrected chi connectivity index (χ2v) is 8.94. The average Bonchev–Trinajstić information content (AvgIpc) is 2.78. The van der Waals surface area contributed by atoms with Crippen molar-refractivity contribution in [2.24, 2.45) is 0 Å². The highest BCUT2D eigenvalue weighted by Gasteiger charge is 2.41. The summed E-state index contributed by atoms with van der Waals surface area (Å²) in [6, 6.07) is 14.3. The Labute approximate surface area is 191 Å². The Balaban J connectivity index is 1.78. The minimum atomic E-state index is -0.470. The number of hydrogen-bond acceptors (Lipinski definition) is 5. The molecule has 1 aliphatic carbocycles. The summed E-state index contributed by atoms with van der Waals surface area (Å²) >= 11 is 1.64. The molecule has 0 saturated heterocycles. The molecule has 1 heterocycles. The van der Waals surface area contributed by atoms with Crippen molar-refractivity contribution in [3.05, 3.63) is 88.0 Å². The molecule has 2 aromatic carbocycles. The lowest BCUT2D eigenvalue weighted by molar-refractivity contribution is -0.138. The van der Waals surface area contributed by atoms with Gasteiger partial charge in [-0.3, -0.25) is 4.79 Å². The van der Waals surface area contributed by atoms with Crippen LogP contribution in [-0.2, 0) is 14.3 Å². The quantitative estimate of drug-likeness (QED) is 0.482. The normalized spacial score (nSPS) is 20.7. The number of thioether (sulfide) groups is 1. The number of benzene rings is 2. The van der Waals surface area contributed by atoms with Gasteiger partial charge in [0, 0.05) is 34.2 Å². The van der Waals surface area contributed by atoms with Crippen LogP contribution in [0.15, 0.2) is 76.0 Å². The number of hydrogen-bond donors (Lipinski definition) is 1. The van der Waals surface area contributed by atoms with Crippen LogP contribution in [0, 0.1) is 5.82 Å². The van der Waals surface area contributed by atoms with E-state index in [0.717, 1.165) is 21.7 Å². The number of dihydropyridines is 1. The number of halogens is 1. The molecule has 0 fully saturated rings. The van der Waals surface area contributed by atoms with Crippen molar-refractivity contribution in [3.8, 4) is 0 Å². The molecule has 2 aliphatic rings. The summed E-state index contributed by atoms with van der Waals surface area (Å²) in [7, 11) is 0. The third-order valence-corrected chi connectivity index (χ3v) is 6.86. The Hall–Kier alpha value is -2.86. The zero-order valence-corrected chi connectivity index (χ0v) is 19.2. The highest BCUT2D eigenvalue weighted by atomic mass is 32.2. The van der Waals surface area contributed by atoms with E-state index in [1.54, 1.807) is 30.8 Å². The molecule has 1 aliphatic heterocycles. The highest BCUT2D eigenvalue weighted by molar-refractivity contribution is 7.98. The molecule has 0 radical (unpaired) electrons. The fourth-order valence-corrected chi connectivity index (χ4v) is 5.03. The van der Waals surface area contributed by atoms with Gasteiger partial charge in [-0.1, -0.05) is 24.3 Å². The predicted molar refractivity (Wildman–Crippen MR) is 124 cm³/mol. The second-order valence-electron chi connectivity index (χ2n) is 8.06. The van der Waals surface area contributed by atoms with Gasteiger partial charge in [-0.2, -0.15) is 0 Å². The molecular formula is C26H26FNO3S. The van der Waals surface area contributed by atoms with Crippen molar-refractivity contribution in [2.75, 3.05) is 12.9 Å². The van der Waals surface area contributed by atoms with Crippen LogP contribution in [0.5, 0.6) is 0 Å². The Morgan fingerprint density at radius 1 is 1.09 bits per heavy atom. The van der Waals surface area contributed by atoms with Crippen molar-refractivity contribution in [2.45, 2.75) is 43.4 Å². The first-order valence-corrected chi connectivity index (χ1v) is 12.0. The number of carbonyl (C=O) groups excluding carboxylic acids is 2. The molecule has 1 N–H and O–H groups in total. The van der Waals surface area contributed by atoms with Crippen molar-refractivity contribution in [3.63, 3.8) is 0 Å². The van der Waals surface area contributed by atoms with Crippen molar-refractivity contribution < 1.29 is 18.7 Å². The van der Waals surface area contributed by atoms with Gasteiger partial charge in [0.15, 0.2) is 5.78 Å². The van der Waals surface area contributed by atoms with Gasteiger partial charge < -0.3 is 10.1 Å². The van der Waals surface area contributed by atoms with E-state index in [1.165, 1.54) is 12.1 Å². The molecule has 0 aromatic heterocycles. The monoisotopic (exact) mass is 451 g/mol. The van der Waals surface area contributed by atoms with Crippen LogP contribution < -0.4 is 5.32 Å². The van der Waals surface area contributed by atoms with Gasteiger partial charge in [-0.05, 0) is 67.8 Å². The lowest BCUT2D eigenvalue weighted by Gasteiger charge is -2.36. The molecule has 0 amide bonds. The van der Waals surface area contributed by atoms with E-state index in [9.17, 15) is 14.0 Å². The Bertz CT molecular complexity index is 1100. The molecule has 6 heteroatoms. The number of nitrogens with one attached hydrogen (secondary N) is 1. The maximum atomic E-state index is 13.5. The highest BCUT2D eigenvalue weighted by Crippen LogP contribution is 2.45. The number of esters is 1. The van der Waals surface area contributed by atoms with Crippen LogP contribution in [-0.4, -0.2) is 24.6 Å². The minimum absolute atomic E-state index is 0.00122. The van der Waals surface area contributed by atoms with Gasteiger partial charge in [-0.25, -0.2) is 9.18 Å². The summed E-state index contributed by atoms with van der Waals surface area (Å²) in [5.41, 5.74) is 4.48. The summed E-state index contributed by atoms with van der Waals surface area (Å²) in [6.45, 7) is 3.89. The number of ether oxygens (including phenoxy) is 1. The lowest BCUT2D eigenvalue weighted by Crippen LogP contribution is -2.36. The maximum absolute atomic E-state index is 13.5. The zero-order chi connectivity index (χ0) is 22.8. The van der Waals surface area contributed by atoms with Gasteiger partial charge in [-0.15, -0.1) is 11.8 Å². The van der Waals surface area contributed by atoms with Gasteiger partial charge in [0.25, 0.3) is 0 Å². The molecule has 0 saturated carbocycles. The summed E-state index contributed by atoms with van der Waals surface area (Å²) in [5, 5.41) is 3.33. The first-order chi connectivity index (χ1) is 15.4. The largest absolute Gasteiger partial charge is 0.463 e. The fourth-order valence-electron chi connectivity index (χ4n) is 4.62. The molecule has 4 nitrogen and oxygen atoms in total. The SMILES string of the molecule is CCOC(=O)C1=C(C)NC2=C(C(=O)C[C@H](c3ccc(F)cc3)C2)[C@H]1c1ccc(SC)cc1. The summed E-state index contributed by atoms with van der Waals surface area (Å²) < 4.78 is 18.7. The molecule has 32 heavy (non-hydrogen) atoms. The number of carbonyl (C=O) groups is 2. The smallest absolute Gasteiger partial charge is 0.336 e. The maximum Gasteiger partial charge on any atom is 0.336 e. The van der Waals surface area contributed by atoms with Gasteiger partial charge in [0.1, 0.15) is 5.82 Å². The van der Waals surface area contributed by atoms with E-state index in [0.29, 0.717) is 29.7 Å². The van der Waals surface area contributed by atoms with Crippen molar-refractivity contribution in [1.29, 1.82) is 0 Å². The number of allylic oxidation sites excluding steroid dienone is 3. The Kier molecular flexibility index (Phi) is 6.51. The van der Waals surface area contributed by atoms with E-state index < -0.39 is 11.9 Å². The molecular weight excluding hydrogens is 425 g/mol. The molecule has 2 atom stereocenters. The van der Waals surface area contributed by atoms with Gasteiger partial charge in [0.2, 0.25) is 0 Å². The van der Waals surface area contributed by atoms with Gasteiger partial charge in [0.05, 0.1) is 12.2 Å². The summed E-state index contributed by atoms with van der Waals surface area (Å²) in [4.78, 5) is 27.5. The van der Waals surface area contributed by atoms with Gasteiger partial charge >= 0.3 is 5.97 Å². The van der Waals surface area contributed by atoms with E-state index in [1.807, 2.05) is 37.4 Å². The van der Waals surface area contributed by atoms with Crippen LogP contribution in [0.2, 0.25) is 0 Å². The molecule has 0 bridgehead atoms. The summed E-state index contributed by atoms with van der Waals surface area (Å²) in [5.74, 6) is -1.20. The first kappa shape index (κ1) is 22.3. The van der Waals surface area contributed by atoms with Crippen LogP contribution in [0.4, 0.5) is 4.39 Å². The second kappa shape index (κ2) is 9.33. The zero-order valence-electron chi connectivity index (χ0n) is 18.4. The average molecular weight is 452 g/mol. The van der Waals surface area contributed by atoms with E-state index in [4.69, 9.17) is 4.74 Å². The van der Waals surface area contributed by atoms with E-state index >= 15 is 0 Å². The van der Waals surface area contributed by atoms with Crippen LogP contribution >= 0.6 is 11.8 Å². The number of rotatable bonds is 5. The topological polar surface area (TPSA) is 55.4 Å². The third kappa shape index (κ3) is 4.24. The van der Waals surface area contributed by atoms with Crippen molar-refractivity contribution in [1.82, 2.24) is 5.32 Å². The van der Waals surface area contributed by atoms with Crippen LogP contribution in [0.3, 0.4) is 0 Å². The third-order valence-electron chi connectivity index (χ3n) is 6.11. The number of Topliss-reactive ketones (excluding diaryl/α,β-unsaturated/α-hetero) is 1. The standard InChI is InChI=1S/C26H26FNO3S/c1-4-31-26(30)23-15(2)28-21-13-18(16-5-9-19(27)10-6-16)14-22(29)25(21)24(23)17-7-11-20(32-3)12-8-17/h5-12,18,24,28H,4,13-14H2,1-3H3/t18-,24+/m1/s1. The molecule has 0 unspecified atom stereocenters. The number of ketones is 1. The molecule has 4 rings (SSSR count). The van der Waals surface area contributed by atoms with E-state index in [2.05, 4.69) is 5.32 Å². The molecule has 166 valence electrons.